The van der Waals surface area contributed by atoms with Gasteiger partial charge in [-0.3, -0.25) is 14.7 Å². The molecule has 1 aromatic heterocycles. The summed E-state index contributed by atoms with van der Waals surface area (Å²) in [7, 11) is 0. The molecule has 0 aliphatic carbocycles. The van der Waals surface area contributed by atoms with Crippen LogP contribution in [0.1, 0.15) is 39.7 Å². The van der Waals surface area contributed by atoms with Gasteiger partial charge in [0.05, 0.1) is 21.7 Å². The zero-order valence-corrected chi connectivity index (χ0v) is 21.1. The first-order chi connectivity index (χ1) is 15.6. The molecule has 1 aliphatic rings. The van der Waals surface area contributed by atoms with Gasteiger partial charge in [0, 0.05) is 11.8 Å². The van der Waals surface area contributed by atoms with Crippen molar-refractivity contribution in [3.8, 4) is 17.0 Å². The lowest BCUT2D eigenvalue weighted by atomic mass is 9.98. The number of halogens is 1. The van der Waals surface area contributed by atoms with Crippen LogP contribution >= 0.6 is 35.6 Å². The minimum atomic E-state index is -1.06. The first kappa shape index (κ1) is 25.2. The number of nitrogens with zero attached hydrogens (tertiary/aromatic N) is 2. The molecule has 1 aliphatic heterocycles. The fraction of sp³-hybridized carbons (Fsp3) is 0.333. The van der Waals surface area contributed by atoms with Crippen LogP contribution < -0.4 is 4.74 Å². The van der Waals surface area contributed by atoms with E-state index in [0.29, 0.717) is 27.7 Å². The second-order valence-corrected chi connectivity index (χ2v) is 10.1. The van der Waals surface area contributed by atoms with Crippen LogP contribution in [0, 0.1) is 5.92 Å². The maximum atomic E-state index is 13.0. The van der Waals surface area contributed by atoms with Crippen molar-refractivity contribution in [2.75, 3.05) is 0 Å². The Balaban J connectivity index is 1.81. The molecule has 6 nitrogen and oxygen atoms in total. The van der Waals surface area contributed by atoms with E-state index < -0.39 is 17.9 Å². The molecule has 1 aromatic carbocycles. The van der Waals surface area contributed by atoms with Crippen molar-refractivity contribution in [3.63, 3.8) is 0 Å². The summed E-state index contributed by atoms with van der Waals surface area (Å²) < 4.78 is 5.92. The molecule has 9 heteroatoms. The Hall–Kier alpha value is -2.42. The number of ether oxygens (including phenoxy) is 1. The van der Waals surface area contributed by atoms with Crippen LogP contribution in [0.4, 0.5) is 0 Å². The first-order valence-electron chi connectivity index (χ1n) is 10.5. The van der Waals surface area contributed by atoms with Crippen LogP contribution in [-0.4, -0.2) is 43.3 Å². The molecule has 1 fully saturated rings. The number of amides is 1. The van der Waals surface area contributed by atoms with Crippen LogP contribution in [0.3, 0.4) is 0 Å². The Morgan fingerprint density at radius 1 is 1.30 bits per heavy atom. The molecule has 2 atom stereocenters. The zero-order valence-electron chi connectivity index (χ0n) is 18.7. The van der Waals surface area contributed by atoms with Gasteiger partial charge in [0.15, 0.2) is 0 Å². The Morgan fingerprint density at radius 2 is 2.03 bits per heavy atom. The number of hydrogen-bond acceptors (Lipinski definition) is 6. The summed E-state index contributed by atoms with van der Waals surface area (Å²) in [5, 5.41) is 10.2. The van der Waals surface area contributed by atoms with Gasteiger partial charge in [0.1, 0.15) is 16.1 Å². The second-order valence-electron chi connectivity index (χ2n) is 8.01. The molecule has 2 unspecified atom stereocenters. The highest BCUT2D eigenvalue weighted by Gasteiger charge is 2.42. The molecule has 2 aromatic rings. The van der Waals surface area contributed by atoms with Crippen LogP contribution in [0.15, 0.2) is 41.4 Å². The molecule has 33 heavy (non-hydrogen) atoms. The maximum Gasteiger partial charge on any atom is 0.327 e. The number of aliphatic carboxylic acids is 1. The third-order valence-corrected chi connectivity index (χ3v) is 6.84. The van der Waals surface area contributed by atoms with E-state index in [1.165, 1.54) is 4.90 Å². The minimum absolute atomic E-state index is 0.0229. The highest BCUT2D eigenvalue weighted by molar-refractivity contribution is 8.26. The summed E-state index contributed by atoms with van der Waals surface area (Å²) in [5.41, 5.74) is 2.27. The van der Waals surface area contributed by atoms with Gasteiger partial charge in [0.25, 0.3) is 5.91 Å². The van der Waals surface area contributed by atoms with Gasteiger partial charge in [-0.2, -0.15) is 0 Å². The summed E-state index contributed by atoms with van der Waals surface area (Å²) in [6.45, 7) is 7.56. The summed E-state index contributed by atoms with van der Waals surface area (Å²) in [6.07, 6.45) is 3.97. The van der Waals surface area contributed by atoms with Crippen molar-refractivity contribution in [1.82, 2.24) is 9.88 Å². The molecular weight excluding hydrogens is 480 g/mol. The monoisotopic (exact) mass is 504 g/mol. The molecule has 3 rings (SSSR count). The third kappa shape index (κ3) is 5.75. The average molecular weight is 505 g/mol. The van der Waals surface area contributed by atoms with Crippen LogP contribution in [0.2, 0.25) is 5.02 Å². The molecule has 1 amide bonds. The van der Waals surface area contributed by atoms with E-state index >= 15 is 0 Å². The Bertz CT molecular complexity index is 1100. The normalized spacial score (nSPS) is 17.0. The third-order valence-electron chi connectivity index (χ3n) is 5.21. The van der Waals surface area contributed by atoms with Crippen LogP contribution in [0.5, 0.6) is 5.75 Å². The molecule has 0 bridgehead atoms. The van der Waals surface area contributed by atoms with E-state index in [2.05, 4.69) is 4.98 Å². The van der Waals surface area contributed by atoms with Crippen molar-refractivity contribution < 1.29 is 19.4 Å². The first-order valence-corrected chi connectivity index (χ1v) is 12.1. The predicted molar refractivity (Wildman–Crippen MR) is 136 cm³/mol. The molecule has 1 N–H and O–H groups in total. The van der Waals surface area contributed by atoms with Crippen molar-refractivity contribution in [2.24, 2.45) is 5.92 Å². The van der Waals surface area contributed by atoms with Gasteiger partial charge >= 0.3 is 5.97 Å². The lowest BCUT2D eigenvalue weighted by Gasteiger charge is -2.27. The number of benzene rings is 1. The maximum absolute atomic E-state index is 13.0. The van der Waals surface area contributed by atoms with Crippen molar-refractivity contribution >= 4 is 57.9 Å². The summed E-state index contributed by atoms with van der Waals surface area (Å²) in [6, 6.07) is 8.19. The van der Waals surface area contributed by atoms with Gasteiger partial charge < -0.3 is 9.84 Å². The number of carbonyl (C=O) groups excluding carboxylic acids is 1. The van der Waals surface area contributed by atoms with E-state index in [4.69, 9.17) is 28.6 Å². The van der Waals surface area contributed by atoms with Crippen molar-refractivity contribution in [3.05, 3.63) is 52.0 Å². The molecule has 174 valence electrons. The van der Waals surface area contributed by atoms with Crippen LogP contribution in [-0.2, 0) is 9.59 Å². The summed E-state index contributed by atoms with van der Waals surface area (Å²) in [5.74, 6) is -1.06. The SMILES string of the molecule is CCC(C)C(C(=O)O)N1C(=O)/C(=C\c2ccc(-c3ccc(OC(C)C)c(Cl)c3)nc2)SC1=S. The predicted octanol–water partition coefficient (Wildman–Crippen LogP) is 5.89. The standard InChI is InChI=1S/C24H25ClN2O4S2/c1-5-14(4)21(23(29)30)27-22(28)20(33-24(27)32)10-15-6-8-18(26-12-15)16-7-9-19(17(25)11-16)31-13(2)3/h6-14,21H,5H2,1-4H3,(H,29,30)/b20-10+. The summed E-state index contributed by atoms with van der Waals surface area (Å²) in [4.78, 5) is 30.8. The van der Waals surface area contributed by atoms with Crippen molar-refractivity contribution in [2.45, 2.75) is 46.3 Å². The fourth-order valence-corrected chi connectivity index (χ4v) is 4.93. The number of thiocarbonyl (C=S) groups is 1. The Morgan fingerprint density at radius 3 is 2.58 bits per heavy atom. The Kier molecular flexibility index (Phi) is 8.15. The highest BCUT2D eigenvalue weighted by Crippen LogP contribution is 2.36. The second kappa shape index (κ2) is 10.7. The van der Waals surface area contributed by atoms with E-state index in [1.807, 2.05) is 45.0 Å². The largest absolute Gasteiger partial charge is 0.489 e. The summed E-state index contributed by atoms with van der Waals surface area (Å²) >= 11 is 12.8. The average Bonchev–Trinajstić information content (AvgIpc) is 3.03. The van der Waals surface area contributed by atoms with Crippen molar-refractivity contribution in [1.29, 1.82) is 0 Å². The van der Waals surface area contributed by atoms with Gasteiger partial charge in [-0.25, -0.2) is 4.79 Å². The number of carbonyl (C=O) groups is 2. The van der Waals surface area contributed by atoms with Crippen LogP contribution in [0.25, 0.3) is 17.3 Å². The quantitative estimate of drug-likeness (QED) is 0.354. The number of aromatic nitrogens is 1. The van der Waals surface area contributed by atoms with E-state index in [1.54, 1.807) is 25.3 Å². The van der Waals surface area contributed by atoms with E-state index in [9.17, 15) is 14.7 Å². The molecule has 0 radical (unpaired) electrons. The van der Waals surface area contributed by atoms with Gasteiger partial charge in [-0.15, -0.1) is 0 Å². The molecule has 1 saturated heterocycles. The lowest BCUT2D eigenvalue weighted by molar-refractivity contribution is -0.147. The van der Waals surface area contributed by atoms with E-state index in [0.717, 1.165) is 23.0 Å². The number of hydrogen-bond donors (Lipinski definition) is 1. The molecule has 0 spiro atoms. The number of carboxylic acid groups (broad SMARTS) is 1. The fourth-order valence-electron chi connectivity index (χ4n) is 3.37. The number of rotatable bonds is 8. The highest BCUT2D eigenvalue weighted by atomic mass is 35.5. The number of thioether (sulfide) groups is 1. The zero-order chi connectivity index (χ0) is 24.3. The molecule has 0 saturated carbocycles. The lowest BCUT2D eigenvalue weighted by Crippen LogP contribution is -2.47. The number of pyridine rings is 1. The topological polar surface area (TPSA) is 79.7 Å². The Labute approximate surface area is 208 Å². The smallest absolute Gasteiger partial charge is 0.327 e. The van der Waals surface area contributed by atoms with Gasteiger partial charge in [-0.05, 0) is 55.7 Å². The molecule has 2 heterocycles. The van der Waals surface area contributed by atoms with Gasteiger partial charge in [-0.1, -0.05) is 61.9 Å². The number of carboxylic acids is 1. The van der Waals surface area contributed by atoms with Gasteiger partial charge in [0.2, 0.25) is 0 Å². The molecular formula is C24H25ClN2O4S2. The van der Waals surface area contributed by atoms with E-state index in [-0.39, 0.29) is 16.3 Å². The minimum Gasteiger partial charge on any atom is -0.489 e.